The normalized spacial score (nSPS) is 14.0. The number of benzene rings is 2. The van der Waals surface area contributed by atoms with Gasteiger partial charge in [0.2, 0.25) is 0 Å². The molecule has 6 nitrogen and oxygen atoms in total. The maximum atomic E-state index is 12.4. The lowest BCUT2D eigenvalue weighted by molar-refractivity contribution is -0.118. The van der Waals surface area contributed by atoms with E-state index < -0.39 is 0 Å². The highest BCUT2D eigenvalue weighted by molar-refractivity contribution is 6.34. The third-order valence-electron chi connectivity index (χ3n) is 4.02. The Morgan fingerprint density at radius 3 is 2.62 bits per heavy atom. The number of amides is 1. The Morgan fingerprint density at radius 2 is 1.88 bits per heavy atom. The Kier molecular flexibility index (Phi) is 6.20. The average molecular weight is 377 g/mol. The number of hydrogen-bond acceptors (Lipinski definition) is 5. The minimum atomic E-state index is -0.271. The van der Waals surface area contributed by atoms with E-state index in [1.807, 2.05) is 30.3 Å². The Morgan fingerprint density at radius 1 is 1.15 bits per heavy atom. The second kappa shape index (κ2) is 8.78. The summed E-state index contributed by atoms with van der Waals surface area (Å²) in [6.07, 6.45) is 0. The molecule has 2 aromatic carbocycles. The number of methoxy groups -OCH3 is 1. The number of hydrogen-bond donors (Lipinski definition) is 1. The van der Waals surface area contributed by atoms with Crippen molar-refractivity contribution in [2.75, 3.05) is 50.2 Å². The molecule has 7 heteroatoms. The van der Waals surface area contributed by atoms with Crippen LogP contribution in [0.1, 0.15) is 0 Å². The zero-order valence-corrected chi connectivity index (χ0v) is 15.3. The standard InChI is InChI=1S/C19H21ClN2O4/c1-24-16-7-2-3-8-17(16)26-13-18(23)21-15-6-4-5-14(20)19(15)22-9-11-25-12-10-22/h2-8H,9-13H2,1H3,(H,21,23). The van der Waals surface area contributed by atoms with Crippen molar-refractivity contribution in [3.63, 3.8) is 0 Å². The lowest BCUT2D eigenvalue weighted by Gasteiger charge is -2.31. The quantitative estimate of drug-likeness (QED) is 0.838. The van der Waals surface area contributed by atoms with Crippen LogP contribution in [0.15, 0.2) is 42.5 Å². The summed E-state index contributed by atoms with van der Waals surface area (Å²) in [5, 5.41) is 3.48. The summed E-state index contributed by atoms with van der Waals surface area (Å²) in [5.74, 6) is 0.828. The van der Waals surface area contributed by atoms with Crippen LogP contribution in [0.2, 0.25) is 5.02 Å². The first-order valence-corrected chi connectivity index (χ1v) is 8.73. The predicted molar refractivity (Wildman–Crippen MR) is 102 cm³/mol. The fourth-order valence-electron chi connectivity index (χ4n) is 2.79. The van der Waals surface area contributed by atoms with E-state index in [-0.39, 0.29) is 12.5 Å². The Balaban J connectivity index is 1.68. The fraction of sp³-hybridized carbons (Fsp3) is 0.316. The summed E-state index contributed by atoms with van der Waals surface area (Å²) >= 11 is 6.38. The van der Waals surface area contributed by atoms with Crippen molar-refractivity contribution in [2.45, 2.75) is 0 Å². The number of anilines is 2. The van der Waals surface area contributed by atoms with Crippen molar-refractivity contribution in [1.29, 1.82) is 0 Å². The summed E-state index contributed by atoms with van der Waals surface area (Å²) in [6.45, 7) is 2.59. The van der Waals surface area contributed by atoms with Crippen molar-refractivity contribution in [3.8, 4) is 11.5 Å². The molecule has 1 heterocycles. The molecular weight excluding hydrogens is 356 g/mol. The van der Waals surface area contributed by atoms with Gasteiger partial charge in [0.05, 0.1) is 36.7 Å². The molecule has 1 saturated heterocycles. The largest absolute Gasteiger partial charge is 0.493 e. The molecule has 26 heavy (non-hydrogen) atoms. The van der Waals surface area contributed by atoms with Crippen LogP contribution in [0.5, 0.6) is 11.5 Å². The van der Waals surface area contributed by atoms with Gasteiger partial charge in [0, 0.05) is 13.1 Å². The highest BCUT2D eigenvalue weighted by Gasteiger charge is 2.19. The first-order chi connectivity index (χ1) is 12.7. The van der Waals surface area contributed by atoms with Crippen LogP contribution in [0.3, 0.4) is 0 Å². The number of morpholine rings is 1. The molecular formula is C19H21ClN2O4. The third kappa shape index (κ3) is 4.39. The number of halogens is 1. The van der Waals surface area contributed by atoms with E-state index in [2.05, 4.69) is 10.2 Å². The topological polar surface area (TPSA) is 60.0 Å². The molecule has 0 saturated carbocycles. The summed E-state index contributed by atoms with van der Waals surface area (Å²) in [5.41, 5.74) is 1.47. The molecule has 3 rings (SSSR count). The minimum Gasteiger partial charge on any atom is -0.493 e. The molecule has 1 N–H and O–H groups in total. The van der Waals surface area contributed by atoms with Crippen molar-refractivity contribution in [1.82, 2.24) is 0 Å². The number of ether oxygens (including phenoxy) is 3. The van der Waals surface area contributed by atoms with E-state index in [4.69, 9.17) is 25.8 Å². The smallest absolute Gasteiger partial charge is 0.262 e. The van der Waals surface area contributed by atoms with Crippen molar-refractivity contribution in [2.24, 2.45) is 0 Å². The molecule has 0 bridgehead atoms. The van der Waals surface area contributed by atoms with Crippen molar-refractivity contribution in [3.05, 3.63) is 47.5 Å². The van der Waals surface area contributed by atoms with Gasteiger partial charge < -0.3 is 24.4 Å². The Hall–Kier alpha value is -2.44. The number of para-hydroxylation sites is 3. The monoisotopic (exact) mass is 376 g/mol. The first-order valence-electron chi connectivity index (χ1n) is 8.36. The van der Waals surface area contributed by atoms with E-state index in [0.29, 0.717) is 35.4 Å². The molecule has 0 atom stereocenters. The van der Waals surface area contributed by atoms with Gasteiger partial charge in [-0.2, -0.15) is 0 Å². The van der Waals surface area contributed by atoms with Crippen LogP contribution >= 0.6 is 11.6 Å². The van der Waals surface area contributed by atoms with E-state index in [1.54, 1.807) is 19.2 Å². The zero-order valence-electron chi connectivity index (χ0n) is 14.5. The van der Waals surface area contributed by atoms with Crippen molar-refractivity contribution >= 4 is 28.9 Å². The van der Waals surface area contributed by atoms with Crippen LogP contribution < -0.4 is 19.7 Å². The minimum absolute atomic E-state index is 0.130. The Bertz CT molecular complexity index is 763. The lowest BCUT2D eigenvalue weighted by Crippen LogP contribution is -2.37. The van der Waals surface area contributed by atoms with E-state index in [9.17, 15) is 4.79 Å². The van der Waals surface area contributed by atoms with Gasteiger partial charge in [-0.15, -0.1) is 0 Å². The van der Waals surface area contributed by atoms with Gasteiger partial charge >= 0.3 is 0 Å². The number of rotatable bonds is 6. The van der Waals surface area contributed by atoms with Gasteiger partial charge in [-0.05, 0) is 24.3 Å². The summed E-state index contributed by atoms with van der Waals surface area (Å²) in [7, 11) is 1.56. The van der Waals surface area contributed by atoms with Crippen LogP contribution in [0, 0.1) is 0 Å². The predicted octanol–water partition coefficient (Wildman–Crippen LogP) is 3.20. The molecule has 2 aromatic rings. The summed E-state index contributed by atoms with van der Waals surface area (Å²) < 4.78 is 16.2. The molecule has 1 aliphatic heterocycles. The molecule has 1 amide bonds. The maximum absolute atomic E-state index is 12.4. The highest BCUT2D eigenvalue weighted by atomic mass is 35.5. The van der Waals surface area contributed by atoms with Gasteiger partial charge in [0.15, 0.2) is 18.1 Å². The molecule has 0 aliphatic carbocycles. The van der Waals surface area contributed by atoms with Gasteiger partial charge in [-0.25, -0.2) is 0 Å². The fourth-order valence-corrected chi connectivity index (χ4v) is 3.09. The molecule has 138 valence electrons. The molecule has 1 aliphatic rings. The van der Waals surface area contributed by atoms with Crippen LogP contribution in [0.4, 0.5) is 11.4 Å². The van der Waals surface area contributed by atoms with Gasteiger partial charge in [0.1, 0.15) is 0 Å². The van der Waals surface area contributed by atoms with Crippen LogP contribution in [-0.4, -0.2) is 45.9 Å². The Labute approximate surface area is 157 Å². The van der Waals surface area contributed by atoms with E-state index >= 15 is 0 Å². The lowest BCUT2D eigenvalue weighted by atomic mass is 10.2. The molecule has 0 unspecified atom stereocenters. The second-order valence-corrected chi connectivity index (χ2v) is 6.13. The summed E-state index contributed by atoms with van der Waals surface area (Å²) in [6, 6.07) is 12.6. The second-order valence-electron chi connectivity index (χ2n) is 5.72. The molecule has 0 spiro atoms. The number of carbonyl (C=O) groups is 1. The molecule has 0 radical (unpaired) electrons. The van der Waals surface area contributed by atoms with Gasteiger partial charge in [-0.1, -0.05) is 29.8 Å². The third-order valence-corrected chi connectivity index (χ3v) is 4.32. The highest BCUT2D eigenvalue weighted by Crippen LogP contribution is 2.34. The van der Waals surface area contributed by atoms with E-state index in [1.165, 1.54) is 0 Å². The van der Waals surface area contributed by atoms with Crippen LogP contribution in [-0.2, 0) is 9.53 Å². The zero-order chi connectivity index (χ0) is 18.4. The number of nitrogens with zero attached hydrogens (tertiary/aromatic N) is 1. The SMILES string of the molecule is COc1ccccc1OCC(=O)Nc1cccc(Cl)c1N1CCOCC1. The molecule has 0 aromatic heterocycles. The van der Waals surface area contributed by atoms with Crippen LogP contribution in [0.25, 0.3) is 0 Å². The molecule has 1 fully saturated rings. The number of nitrogens with one attached hydrogen (secondary N) is 1. The van der Waals surface area contributed by atoms with E-state index in [0.717, 1.165) is 18.8 Å². The maximum Gasteiger partial charge on any atom is 0.262 e. The summed E-state index contributed by atoms with van der Waals surface area (Å²) in [4.78, 5) is 14.5. The van der Waals surface area contributed by atoms with Crippen molar-refractivity contribution < 1.29 is 19.0 Å². The van der Waals surface area contributed by atoms with Gasteiger partial charge in [-0.3, -0.25) is 4.79 Å². The average Bonchev–Trinajstić information content (AvgIpc) is 2.67. The number of carbonyl (C=O) groups excluding carboxylic acids is 1. The first kappa shape index (κ1) is 18.4. The van der Waals surface area contributed by atoms with Gasteiger partial charge in [0.25, 0.3) is 5.91 Å².